The molecule has 9 heteroatoms. The third kappa shape index (κ3) is 3.39. The van der Waals surface area contributed by atoms with Gasteiger partial charge in [0.05, 0.1) is 23.3 Å². The average molecular weight is 397 g/mol. The molecule has 2 heterocycles. The van der Waals surface area contributed by atoms with E-state index in [1.165, 1.54) is 16.2 Å². The predicted molar refractivity (Wildman–Crippen MR) is 102 cm³/mol. The lowest BCUT2D eigenvalue weighted by atomic mass is 10.1. The van der Waals surface area contributed by atoms with E-state index in [1.807, 2.05) is 12.1 Å². The Bertz CT molecular complexity index is 1090. The minimum atomic E-state index is -1.11. The smallest absolute Gasteiger partial charge is 0.404 e. The van der Waals surface area contributed by atoms with E-state index in [2.05, 4.69) is 10.3 Å². The molecular formula is C19H15N3O5S. The minimum absolute atomic E-state index is 0.159. The molecule has 28 heavy (non-hydrogen) atoms. The highest BCUT2D eigenvalue weighted by atomic mass is 32.1. The molecule has 0 spiro atoms. The van der Waals surface area contributed by atoms with Crippen molar-refractivity contribution >= 4 is 39.5 Å². The van der Waals surface area contributed by atoms with Crippen molar-refractivity contribution in [1.82, 2.24) is 15.2 Å². The number of amides is 3. The van der Waals surface area contributed by atoms with E-state index in [1.54, 1.807) is 30.3 Å². The van der Waals surface area contributed by atoms with Crippen LogP contribution in [0.25, 0.3) is 10.2 Å². The maximum atomic E-state index is 12.8. The molecule has 0 atom stereocenters. The molecule has 2 aromatic carbocycles. The van der Waals surface area contributed by atoms with Crippen LogP contribution in [0.3, 0.4) is 0 Å². The summed E-state index contributed by atoms with van der Waals surface area (Å²) in [6.07, 6.45) is -1.11. The van der Waals surface area contributed by atoms with Gasteiger partial charge in [0, 0.05) is 11.6 Å². The number of hydrogen-bond donors (Lipinski definition) is 2. The van der Waals surface area contributed by atoms with Gasteiger partial charge in [0.2, 0.25) is 0 Å². The van der Waals surface area contributed by atoms with Crippen molar-refractivity contribution in [1.29, 1.82) is 0 Å². The Kier molecular flexibility index (Phi) is 4.66. The summed E-state index contributed by atoms with van der Waals surface area (Å²) >= 11 is 1.21. The molecular weight excluding hydrogens is 382 g/mol. The number of benzene rings is 2. The first-order chi connectivity index (χ1) is 13.5. The second-order valence-electron chi connectivity index (χ2n) is 6.08. The lowest BCUT2D eigenvalue weighted by Crippen LogP contribution is -2.31. The number of imide groups is 1. The molecule has 142 valence electrons. The zero-order valence-electron chi connectivity index (χ0n) is 14.5. The average Bonchev–Trinajstić information content (AvgIpc) is 3.26. The largest absolute Gasteiger partial charge is 0.492 e. The number of ether oxygens (including phenoxy) is 1. The fourth-order valence-electron chi connectivity index (χ4n) is 2.95. The number of carboxylic acid groups (broad SMARTS) is 1. The van der Waals surface area contributed by atoms with Crippen molar-refractivity contribution in [3.63, 3.8) is 0 Å². The predicted octanol–water partition coefficient (Wildman–Crippen LogP) is 2.74. The van der Waals surface area contributed by atoms with E-state index in [0.29, 0.717) is 16.8 Å². The summed E-state index contributed by atoms with van der Waals surface area (Å²) in [6.45, 7) is 0.578. The van der Waals surface area contributed by atoms with Crippen LogP contribution in [0.4, 0.5) is 4.79 Å². The van der Waals surface area contributed by atoms with Gasteiger partial charge >= 0.3 is 6.09 Å². The van der Waals surface area contributed by atoms with Gasteiger partial charge in [0.25, 0.3) is 11.8 Å². The molecule has 1 aliphatic rings. The quantitative estimate of drug-likeness (QED) is 0.506. The van der Waals surface area contributed by atoms with Crippen LogP contribution in [-0.2, 0) is 6.54 Å². The molecule has 0 unspecified atom stereocenters. The first-order valence-corrected chi connectivity index (χ1v) is 9.29. The number of fused-ring (bicyclic) bond motifs is 2. The molecule has 8 nitrogen and oxygen atoms in total. The Hall–Kier alpha value is -3.46. The number of thiazole rings is 1. The number of rotatable bonds is 5. The maximum absolute atomic E-state index is 12.8. The van der Waals surface area contributed by atoms with Gasteiger partial charge in [0.1, 0.15) is 12.4 Å². The van der Waals surface area contributed by atoms with Crippen LogP contribution in [0.5, 0.6) is 5.75 Å². The highest BCUT2D eigenvalue weighted by molar-refractivity contribution is 7.20. The highest BCUT2D eigenvalue weighted by Gasteiger charge is 2.33. The SMILES string of the molecule is O=C(O)NCCOc1ccc2sc(C(=O)N3Cc4ccccc4C3=O)nc2c1. The standard InChI is InChI=1S/C19H15N3O5S/c23-17-13-4-2-1-3-11(13)10-22(17)18(24)16-21-14-9-12(5-6-15(14)28-16)27-8-7-20-19(25)26/h1-6,9,20H,7-8,10H2,(H,25,26). The van der Waals surface area contributed by atoms with Gasteiger partial charge in [0.15, 0.2) is 5.01 Å². The van der Waals surface area contributed by atoms with Crippen molar-refractivity contribution in [3.8, 4) is 5.75 Å². The highest BCUT2D eigenvalue weighted by Crippen LogP contribution is 2.29. The molecule has 3 aromatic rings. The molecule has 0 saturated carbocycles. The van der Waals surface area contributed by atoms with E-state index < -0.39 is 12.0 Å². The van der Waals surface area contributed by atoms with Gasteiger partial charge in [-0.25, -0.2) is 9.78 Å². The first kappa shape index (κ1) is 17.9. The van der Waals surface area contributed by atoms with Gasteiger partial charge in [-0.1, -0.05) is 18.2 Å². The van der Waals surface area contributed by atoms with Crippen molar-refractivity contribution in [2.75, 3.05) is 13.2 Å². The Morgan fingerprint density at radius 3 is 2.86 bits per heavy atom. The van der Waals surface area contributed by atoms with Crippen LogP contribution in [0, 0.1) is 0 Å². The van der Waals surface area contributed by atoms with Crippen molar-refractivity contribution in [3.05, 3.63) is 58.6 Å². The molecule has 0 bridgehead atoms. The van der Waals surface area contributed by atoms with Crippen LogP contribution < -0.4 is 10.1 Å². The Morgan fingerprint density at radius 1 is 1.25 bits per heavy atom. The van der Waals surface area contributed by atoms with E-state index >= 15 is 0 Å². The molecule has 4 rings (SSSR count). The third-order valence-electron chi connectivity index (χ3n) is 4.26. The number of nitrogens with one attached hydrogen (secondary N) is 1. The number of carbonyl (C=O) groups excluding carboxylic acids is 2. The third-order valence-corrected chi connectivity index (χ3v) is 5.28. The van der Waals surface area contributed by atoms with Gasteiger partial charge in [-0.05, 0) is 23.8 Å². The number of hydrogen-bond acceptors (Lipinski definition) is 6. The van der Waals surface area contributed by atoms with Gasteiger partial charge < -0.3 is 15.2 Å². The van der Waals surface area contributed by atoms with Crippen LogP contribution in [-0.4, -0.2) is 46.0 Å². The maximum Gasteiger partial charge on any atom is 0.404 e. The number of nitrogens with zero attached hydrogens (tertiary/aromatic N) is 2. The Morgan fingerprint density at radius 2 is 2.07 bits per heavy atom. The number of carbonyl (C=O) groups is 3. The molecule has 1 aliphatic heterocycles. The Labute approximate surface area is 163 Å². The lowest BCUT2D eigenvalue weighted by molar-refractivity contribution is 0.0630. The summed E-state index contributed by atoms with van der Waals surface area (Å²) in [7, 11) is 0. The lowest BCUT2D eigenvalue weighted by Gasteiger charge is -2.10. The fraction of sp³-hybridized carbons (Fsp3) is 0.158. The summed E-state index contributed by atoms with van der Waals surface area (Å²) in [5.41, 5.74) is 1.96. The Balaban J connectivity index is 1.49. The van der Waals surface area contributed by atoms with Crippen molar-refractivity contribution in [2.24, 2.45) is 0 Å². The van der Waals surface area contributed by atoms with E-state index in [4.69, 9.17) is 9.84 Å². The summed E-state index contributed by atoms with van der Waals surface area (Å²) in [6, 6.07) is 12.4. The zero-order valence-corrected chi connectivity index (χ0v) is 15.4. The summed E-state index contributed by atoms with van der Waals surface area (Å²) < 4.78 is 6.28. The molecule has 0 aliphatic carbocycles. The topological polar surface area (TPSA) is 109 Å². The van der Waals surface area contributed by atoms with Gasteiger partial charge in [-0.2, -0.15) is 0 Å². The van der Waals surface area contributed by atoms with Gasteiger partial charge in [-0.15, -0.1) is 11.3 Å². The van der Waals surface area contributed by atoms with Crippen molar-refractivity contribution in [2.45, 2.75) is 6.54 Å². The summed E-state index contributed by atoms with van der Waals surface area (Å²) in [4.78, 5) is 41.3. The van der Waals surface area contributed by atoms with Crippen LogP contribution >= 0.6 is 11.3 Å². The summed E-state index contributed by atoms with van der Waals surface area (Å²) in [5.74, 6) is -0.209. The second kappa shape index (κ2) is 7.28. The molecule has 0 radical (unpaired) electrons. The van der Waals surface area contributed by atoms with Crippen LogP contribution in [0.1, 0.15) is 25.7 Å². The molecule has 1 aromatic heterocycles. The van der Waals surface area contributed by atoms with Gasteiger partial charge in [-0.3, -0.25) is 14.5 Å². The molecule has 2 N–H and O–H groups in total. The van der Waals surface area contributed by atoms with Crippen LogP contribution in [0.15, 0.2) is 42.5 Å². The molecule has 0 fully saturated rings. The van der Waals surface area contributed by atoms with Crippen molar-refractivity contribution < 1.29 is 24.2 Å². The monoisotopic (exact) mass is 397 g/mol. The fourth-order valence-corrected chi connectivity index (χ4v) is 3.84. The zero-order chi connectivity index (χ0) is 19.7. The number of aromatic nitrogens is 1. The normalized spacial score (nSPS) is 12.9. The van der Waals surface area contributed by atoms with E-state index in [-0.39, 0.29) is 30.6 Å². The van der Waals surface area contributed by atoms with Crippen LogP contribution in [0.2, 0.25) is 0 Å². The van der Waals surface area contributed by atoms with E-state index in [9.17, 15) is 14.4 Å². The molecule has 0 saturated heterocycles. The first-order valence-electron chi connectivity index (χ1n) is 8.47. The summed E-state index contributed by atoms with van der Waals surface area (Å²) in [5, 5.41) is 11.0. The minimum Gasteiger partial charge on any atom is -0.492 e. The second-order valence-corrected chi connectivity index (χ2v) is 7.11. The van der Waals surface area contributed by atoms with E-state index in [0.717, 1.165) is 10.3 Å². The molecule has 3 amide bonds.